The first kappa shape index (κ1) is 30.6. The Kier molecular flexibility index (Phi) is 7.01. The molecule has 0 heteroatoms. The highest BCUT2D eigenvalue weighted by molar-refractivity contribution is 6.25. The van der Waals surface area contributed by atoms with Crippen LogP contribution in [0.15, 0.2) is 188 Å². The largest absolute Gasteiger partial charge is 0.0622 e. The molecule has 0 aromatic heterocycles. The van der Waals surface area contributed by atoms with Gasteiger partial charge in [-0.15, -0.1) is 0 Å². The number of hydrogen-bond acceptors (Lipinski definition) is 0. The summed E-state index contributed by atoms with van der Waals surface area (Å²) in [4.78, 5) is 0. The second-order valence-electron chi connectivity index (χ2n) is 14.9. The van der Waals surface area contributed by atoms with Gasteiger partial charge in [-0.1, -0.05) is 196 Å². The van der Waals surface area contributed by atoms with Crippen LogP contribution in [0.2, 0.25) is 0 Å². The summed E-state index contributed by atoms with van der Waals surface area (Å²) in [6, 6.07) is 69.9. The van der Waals surface area contributed by atoms with Crippen molar-refractivity contribution in [1.29, 1.82) is 0 Å². The van der Waals surface area contributed by atoms with Crippen molar-refractivity contribution in [3.05, 3.63) is 216 Å². The molecule has 0 spiro atoms. The first-order chi connectivity index (χ1) is 25.5. The Bertz CT molecular complexity index is 2750. The van der Waals surface area contributed by atoms with E-state index in [2.05, 4.69) is 202 Å². The lowest BCUT2D eigenvalue weighted by Crippen LogP contribution is -2.15. The fourth-order valence-corrected chi connectivity index (χ4v) is 8.93. The van der Waals surface area contributed by atoms with Crippen molar-refractivity contribution in [3.8, 4) is 33.4 Å². The van der Waals surface area contributed by atoms with Gasteiger partial charge < -0.3 is 0 Å². The van der Waals surface area contributed by atoms with E-state index in [0.717, 1.165) is 0 Å². The van der Waals surface area contributed by atoms with E-state index in [9.17, 15) is 0 Å². The van der Waals surface area contributed by atoms with Gasteiger partial charge in [-0.3, -0.25) is 0 Å². The van der Waals surface area contributed by atoms with Gasteiger partial charge in [0.15, 0.2) is 0 Å². The van der Waals surface area contributed by atoms with Gasteiger partial charge in [0.25, 0.3) is 0 Å². The second kappa shape index (κ2) is 11.9. The van der Waals surface area contributed by atoms with Gasteiger partial charge in [-0.2, -0.15) is 0 Å². The summed E-state index contributed by atoms with van der Waals surface area (Å²) < 4.78 is 0. The smallest absolute Gasteiger partial charge is 0.0340 e. The first-order valence-corrected chi connectivity index (χ1v) is 18.4. The van der Waals surface area contributed by atoms with Crippen LogP contribution in [0.4, 0.5) is 0 Å². The molecule has 0 amide bonds. The minimum atomic E-state index is -0.0565. The SMILES string of the molecule is CC1(C)c2ccccc2-c2ccc(C(c3ccc(-c4ccccc4)cc3)c3ccc(-c4ccc5c6ccccc6c6ccccc6c5c4)cc3)cc21. The van der Waals surface area contributed by atoms with Crippen LogP contribution in [0.25, 0.3) is 65.7 Å². The molecule has 0 radical (unpaired) electrons. The zero-order valence-corrected chi connectivity index (χ0v) is 29.5. The number of hydrogen-bond donors (Lipinski definition) is 0. The predicted octanol–water partition coefficient (Wildman–Crippen LogP) is 14.0. The summed E-state index contributed by atoms with van der Waals surface area (Å²) in [7, 11) is 0. The summed E-state index contributed by atoms with van der Waals surface area (Å²) >= 11 is 0. The van der Waals surface area contributed by atoms with Gasteiger partial charge in [-0.25, -0.2) is 0 Å². The van der Waals surface area contributed by atoms with Crippen LogP contribution in [-0.4, -0.2) is 0 Å². The third-order valence-electron chi connectivity index (χ3n) is 11.6. The average Bonchev–Trinajstić information content (AvgIpc) is 3.44. The van der Waals surface area contributed by atoms with Gasteiger partial charge in [-0.05, 0) is 99.6 Å². The lowest BCUT2D eigenvalue weighted by molar-refractivity contribution is 0.659. The van der Waals surface area contributed by atoms with Crippen LogP contribution in [0.5, 0.6) is 0 Å². The molecular weight excluding hydrogens is 625 g/mol. The number of rotatable bonds is 5. The summed E-state index contributed by atoms with van der Waals surface area (Å²) in [5, 5.41) is 7.82. The van der Waals surface area contributed by atoms with Gasteiger partial charge in [0.1, 0.15) is 0 Å². The lowest BCUT2D eigenvalue weighted by Gasteiger charge is -2.25. The molecule has 0 fully saturated rings. The molecule has 0 aliphatic heterocycles. The zero-order valence-electron chi connectivity index (χ0n) is 29.5. The molecule has 0 N–H and O–H groups in total. The highest BCUT2D eigenvalue weighted by Crippen LogP contribution is 2.50. The second-order valence-corrected chi connectivity index (χ2v) is 14.9. The Labute approximate surface area is 305 Å². The van der Waals surface area contributed by atoms with E-state index in [0.29, 0.717) is 0 Å². The molecule has 0 saturated carbocycles. The van der Waals surface area contributed by atoms with E-state index in [1.54, 1.807) is 0 Å². The van der Waals surface area contributed by atoms with E-state index in [1.807, 2.05) is 0 Å². The molecule has 1 atom stereocenters. The van der Waals surface area contributed by atoms with Crippen LogP contribution in [0.1, 0.15) is 47.6 Å². The van der Waals surface area contributed by atoms with Crippen LogP contribution in [0, 0.1) is 0 Å². The van der Waals surface area contributed by atoms with E-state index < -0.39 is 0 Å². The summed E-state index contributed by atoms with van der Waals surface area (Å²) in [5.74, 6) is 0.0931. The van der Waals surface area contributed by atoms with Gasteiger partial charge >= 0.3 is 0 Å². The standard InChI is InChI=1S/C52H38/c1-52(2)49-19-11-10-18-46(49)47-31-29-40(33-50(47)52)51(37-24-20-35(21-25-37)34-12-4-3-5-13-34)38-26-22-36(23-27-38)39-28-30-45-43-16-7-6-14-41(43)42-15-8-9-17-44(42)48(45)32-39/h3-33,51H,1-2H3. The molecule has 1 unspecified atom stereocenters. The van der Waals surface area contributed by atoms with Crippen molar-refractivity contribution < 1.29 is 0 Å². The monoisotopic (exact) mass is 662 g/mol. The Morgan fingerprint density at radius 2 is 0.750 bits per heavy atom. The molecular formula is C52H38. The van der Waals surface area contributed by atoms with Crippen LogP contribution < -0.4 is 0 Å². The lowest BCUT2D eigenvalue weighted by atomic mass is 9.79. The predicted molar refractivity (Wildman–Crippen MR) is 221 cm³/mol. The molecule has 0 saturated heterocycles. The highest BCUT2D eigenvalue weighted by atomic mass is 14.4. The molecule has 1 aliphatic carbocycles. The fraction of sp³-hybridized carbons (Fsp3) is 0.0769. The number of fused-ring (bicyclic) bond motifs is 9. The van der Waals surface area contributed by atoms with Crippen molar-refractivity contribution in [3.63, 3.8) is 0 Å². The maximum absolute atomic E-state index is 2.48. The molecule has 9 aromatic rings. The molecule has 10 rings (SSSR count). The minimum Gasteiger partial charge on any atom is -0.0622 e. The molecule has 0 heterocycles. The zero-order chi connectivity index (χ0) is 34.8. The molecule has 1 aliphatic rings. The Hall–Kier alpha value is -6.24. The fourth-order valence-electron chi connectivity index (χ4n) is 8.93. The molecule has 0 bridgehead atoms. The van der Waals surface area contributed by atoms with Crippen LogP contribution in [-0.2, 0) is 5.41 Å². The van der Waals surface area contributed by atoms with Crippen molar-refractivity contribution >= 4 is 32.3 Å². The maximum Gasteiger partial charge on any atom is 0.0340 e. The topological polar surface area (TPSA) is 0 Å². The normalized spacial score (nSPS) is 13.7. The first-order valence-electron chi connectivity index (χ1n) is 18.4. The minimum absolute atomic E-state index is 0.0565. The Morgan fingerprint density at radius 3 is 1.38 bits per heavy atom. The van der Waals surface area contributed by atoms with Gasteiger partial charge in [0.2, 0.25) is 0 Å². The van der Waals surface area contributed by atoms with Crippen molar-refractivity contribution in [2.75, 3.05) is 0 Å². The highest BCUT2D eigenvalue weighted by Gasteiger charge is 2.35. The Balaban J connectivity index is 1.08. The summed E-state index contributed by atoms with van der Waals surface area (Å²) in [6.07, 6.45) is 0. The quantitative estimate of drug-likeness (QED) is 0.127. The summed E-state index contributed by atoms with van der Waals surface area (Å²) in [6.45, 7) is 4.74. The molecule has 52 heavy (non-hydrogen) atoms. The van der Waals surface area contributed by atoms with E-state index in [1.165, 1.54) is 93.5 Å². The van der Waals surface area contributed by atoms with Crippen molar-refractivity contribution in [1.82, 2.24) is 0 Å². The third kappa shape index (κ3) is 4.83. The van der Waals surface area contributed by atoms with Gasteiger partial charge in [0, 0.05) is 11.3 Å². The number of benzene rings is 9. The Morgan fingerprint density at radius 1 is 0.308 bits per heavy atom. The van der Waals surface area contributed by atoms with E-state index in [4.69, 9.17) is 0 Å². The van der Waals surface area contributed by atoms with Gasteiger partial charge in [0.05, 0.1) is 0 Å². The van der Waals surface area contributed by atoms with Crippen molar-refractivity contribution in [2.45, 2.75) is 25.2 Å². The van der Waals surface area contributed by atoms with E-state index in [-0.39, 0.29) is 11.3 Å². The molecule has 0 nitrogen and oxygen atoms in total. The van der Waals surface area contributed by atoms with Crippen LogP contribution >= 0.6 is 0 Å². The summed E-state index contributed by atoms with van der Waals surface area (Å²) in [5.41, 5.74) is 14.3. The maximum atomic E-state index is 2.48. The van der Waals surface area contributed by atoms with Crippen molar-refractivity contribution in [2.24, 2.45) is 0 Å². The average molecular weight is 663 g/mol. The third-order valence-corrected chi connectivity index (χ3v) is 11.6. The molecule has 246 valence electrons. The van der Waals surface area contributed by atoms with E-state index >= 15 is 0 Å². The molecule has 9 aromatic carbocycles. The van der Waals surface area contributed by atoms with Crippen LogP contribution in [0.3, 0.4) is 0 Å².